The molecular formula is C31H32ClF3N10O6. The number of amides is 3. The Bertz CT molecular complexity index is 2000. The van der Waals surface area contributed by atoms with Crippen LogP contribution in [0.1, 0.15) is 39.6 Å². The van der Waals surface area contributed by atoms with E-state index in [1.807, 2.05) is 0 Å². The maximum absolute atomic E-state index is 13.9. The maximum atomic E-state index is 13.9. The van der Waals surface area contributed by atoms with Crippen molar-refractivity contribution in [2.45, 2.75) is 44.3 Å². The van der Waals surface area contributed by atoms with Gasteiger partial charge in [0.15, 0.2) is 23.6 Å². The topological polar surface area (TPSA) is 183 Å². The van der Waals surface area contributed by atoms with Gasteiger partial charge in [-0.3, -0.25) is 19.0 Å². The van der Waals surface area contributed by atoms with E-state index in [1.165, 1.54) is 48.5 Å². The number of benzene rings is 1. The van der Waals surface area contributed by atoms with E-state index >= 15 is 0 Å². The molecule has 270 valence electrons. The average molecular weight is 733 g/mol. The predicted octanol–water partition coefficient (Wildman–Crippen LogP) is 1.14. The Morgan fingerprint density at radius 2 is 1.88 bits per heavy atom. The summed E-state index contributed by atoms with van der Waals surface area (Å²) in [7, 11) is 1.54. The van der Waals surface area contributed by atoms with Crippen molar-refractivity contribution in [1.82, 2.24) is 49.2 Å². The fourth-order valence-electron chi connectivity index (χ4n) is 5.95. The molecule has 2 fully saturated rings. The minimum absolute atomic E-state index is 0.0536. The molecule has 2 aliphatic rings. The summed E-state index contributed by atoms with van der Waals surface area (Å²) >= 11 is 5.98. The third-order valence-corrected chi connectivity index (χ3v) is 8.68. The maximum Gasteiger partial charge on any atom is 0.416 e. The van der Waals surface area contributed by atoms with Gasteiger partial charge >= 0.3 is 11.9 Å². The van der Waals surface area contributed by atoms with Crippen molar-refractivity contribution in [2.75, 3.05) is 39.9 Å². The van der Waals surface area contributed by atoms with Gasteiger partial charge in [0.2, 0.25) is 11.7 Å². The number of methoxy groups -OCH3 is 1. The van der Waals surface area contributed by atoms with Gasteiger partial charge in [0.05, 0.1) is 24.8 Å². The van der Waals surface area contributed by atoms with Crippen molar-refractivity contribution in [3.05, 3.63) is 75.3 Å². The summed E-state index contributed by atoms with van der Waals surface area (Å²) in [6, 6.07) is 8.68. The molecule has 4 aromatic rings. The Morgan fingerprint density at radius 1 is 1.12 bits per heavy atom. The number of hydrogen-bond donors (Lipinski definition) is 2. The Kier molecular flexibility index (Phi) is 10.2. The summed E-state index contributed by atoms with van der Waals surface area (Å²) in [5, 5.41) is 21.5. The highest BCUT2D eigenvalue weighted by Crippen LogP contribution is 2.26. The average Bonchev–Trinajstić information content (AvgIpc) is 3.82. The van der Waals surface area contributed by atoms with Crippen molar-refractivity contribution >= 4 is 29.3 Å². The molecule has 2 atom stereocenters. The first-order chi connectivity index (χ1) is 24.3. The van der Waals surface area contributed by atoms with Crippen LogP contribution in [0, 0.1) is 0 Å². The highest BCUT2D eigenvalue weighted by Gasteiger charge is 2.40. The number of nitrogens with zero attached hydrogens (tertiary/aromatic N) is 9. The number of carbonyl (C=O) groups is 3. The summed E-state index contributed by atoms with van der Waals surface area (Å²) in [5.41, 5.74) is -0.713. The van der Waals surface area contributed by atoms with Crippen LogP contribution in [-0.4, -0.2) is 125 Å². The minimum Gasteiger partial charge on any atom is -0.383 e. The van der Waals surface area contributed by atoms with Gasteiger partial charge in [0.25, 0.3) is 11.8 Å². The predicted molar refractivity (Wildman–Crippen MR) is 172 cm³/mol. The number of piperazine rings is 1. The number of aromatic nitrogens is 7. The van der Waals surface area contributed by atoms with Crippen LogP contribution < -0.4 is 11.0 Å². The van der Waals surface area contributed by atoms with Crippen LogP contribution in [0.3, 0.4) is 0 Å². The Balaban J connectivity index is 1.43. The molecule has 0 saturated carbocycles. The van der Waals surface area contributed by atoms with Crippen molar-refractivity contribution in [1.29, 1.82) is 0 Å². The number of ether oxygens (including phenoxy) is 1. The normalized spacial score (nSPS) is 17.1. The summed E-state index contributed by atoms with van der Waals surface area (Å²) in [5.74, 6) is -2.30. The van der Waals surface area contributed by atoms with Crippen molar-refractivity contribution < 1.29 is 37.4 Å². The fourth-order valence-corrected chi connectivity index (χ4v) is 6.07. The second kappa shape index (κ2) is 14.6. The Morgan fingerprint density at radius 3 is 2.59 bits per heavy atom. The Hall–Kier alpha value is -5.14. The molecule has 0 aliphatic carbocycles. The van der Waals surface area contributed by atoms with Gasteiger partial charge in [0, 0.05) is 43.5 Å². The van der Waals surface area contributed by atoms with Crippen LogP contribution in [0.4, 0.5) is 13.2 Å². The number of aliphatic hydroxyl groups is 1. The molecule has 16 nitrogen and oxygen atoms in total. The van der Waals surface area contributed by atoms with Crippen molar-refractivity contribution in [3.8, 4) is 17.2 Å². The lowest BCUT2D eigenvalue weighted by atomic mass is 10.2. The molecule has 2 aliphatic heterocycles. The quantitative estimate of drug-likeness (QED) is 0.240. The van der Waals surface area contributed by atoms with Crippen molar-refractivity contribution in [3.63, 3.8) is 0 Å². The molecule has 2 N–H and O–H groups in total. The van der Waals surface area contributed by atoms with Gasteiger partial charge in [-0.25, -0.2) is 19.4 Å². The van der Waals surface area contributed by atoms with Gasteiger partial charge in [-0.15, -0.1) is 10.2 Å². The van der Waals surface area contributed by atoms with E-state index in [0.717, 1.165) is 22.2 Å². The summed E-state index contributed by atoms with van der Waals surface area (Å²) in [4.78, 5) is 65.1. The van der Waals surface area contributed by atoms with Gasteiger partial charge in [-0.2, -0.15) is 17.9 Å². The number of aliphatic hydroxyl groups excluding tert-OH is 1. The monoisotopic (exact) mass is 732 g/mol. The molecule has 51 heavy (non-hydrogen) atoms. The fraction of sp³-hybridized carbons (Fsp3) is 0.419. The van der Waals surface area contributed by atoms with Crippen LogP contribution >= 0.6 is 11.6 Å². The molecule has 3 aromatic heterocycles. The number of alkyl halides is 3. The highest BCUT2D eigenvalue weighted by molar-refractivity contribution is 6.30. The van der Waals surface area contributed by atoms with Crippen molar-refractivity contribution in [2.24, 2.45) is 0 Å². The van der Waals surface area contributed by atoms with Gasteiger partial charge in [-0.1, -0.05) is 11.6 Å². The van der Waals surface area contributed by atoms with Gasteiger partial charge in [-0.05, 0) is 49.2 Å². The van der Waals surface area contributed by atoms with E-state index in [4.69, 9.17) is 16.3 Å². The molecule has 6 rings (SSSR count). The number of nitrogens with one attached hydrogen (secondary N) is 1. The van der Waals surface area contributed by atoms with E-state index in [9.17, 15) is 37.5 Å². The molecule has 1 unspecified atom stereocenters. The minimum atomic E-state index is -5.03. The molecule has 0 bridgehead atoms. The zero-order chi connectivity index (χ0) is 36.4. The lowest BCUT2D eigenvalue weighted by molar-refractivity contribution is -0.207. The molecular weight excluding hydrogens is 701 g/mol. The van der Waals surface area contributed by atoms with Crippen LogP contribution in [0.2, 0.25) is 5.02 Å². The molecule has 1 aromatic carbocycles. The van der Waals surface area contributed by atoms with E-state index in [0.29, 0.717) is 22.7 Å². The number of halogens is 4. The number of pyridine rings is 1. The lowest BCUT2D eigenvalue weighted by Crippen LogP contribution is -2.50. The van der Waals surface area contributed by atoms with E-state index in [1.54, 1.807) is 11.0 Å². The number of rotatable bonds is 10. The van der Waals surface area contributed by atoms with Gasteiger partial charge < -0.3 is 25.0 Å². The largest absolute Gasteiger partial charge is 0.416 e. The molecule has 0 spiro atoms. The van der Waals surface area contributed by atoms with Gasteiger partial charge in [0.1, 0.15) is 13.1 Å². The summed E-state index contributed by atoms with van der Waals surface area (Å²) in [6.45, 7) is -0.888. The molecule has 0 radical (unpaired) electrons. The van der Waals surface area contributed by atoms with E-state index in [2.05, 4.69) is 25.5 Å². The number of hydrogen-bond acceptors (Lipinski definition) is 10. The number of likely N-dealkylation sites (tertiary alicyclic amines) is 1. The highest BCUT2D eigenvalue weighted by atomic mass is 35.5. The van der Waals surface area contributed by atoms with Crippen LogP contribution in [0.5, 0.6) is 0 Å². The zero-order valence-corrected chi connectivity index (χ0v) is 27.8. The van der Waals surface area contributed by atoms with E-state index < -0.39 is 48.8 Å². The van der Waals surface area contributed by atoms with Crippen LogP contribution in [-0.2, 0) is 22.6 Å². The zero-order valence-electron chi connectivity index (χ0n) is 27.1. The third kappa shape index (κ3) is 7.49. The molecule has 2 saturated heterocycles. The second-order valence-corrected chi connectivity index (χ2v) is 12.3. The first kappa shape index (κ1) is 35.7. The smallest absolute Gasteiger partial charge is 0.383 e. The molecule has 3 amide bonds. The standard InChI is InChI=1S/C31H32ClF3N10O6/c1-51-17-20-4-3-12-42(20)28(48)21-5-2-10-37-26(21)45-27(29(49)41-13-11-36-24(47)16-41)38-23(39-45)15-44-30(50)43(14-22(46)31(33,34)35)25(40-44)18-6-8-19(32)9-7-18/h2,5-10,20,22,46H,3-4,11-17H2,1H3,(H,36,47)/t20?,22-/m0/s1. The second-order valence-electron chi connectivity index (χ2n) is 11.9. The number of carbonyl (C=O) groups excluding carboxylic acids is 3. The lowest BCUT2D eigenvalue weighted by Gasteiger charge is -2.26. The van der Waals surface area contributed by atoms with Crippen LogP contribution in [0.25, 0.3) is 17.2 Å². The Labute approximate surface area is 292 Å². The van der Waals surface area contributed by atoms with E-state index in [-0.39, 0.29) is 60.1 Å². The SMILES string of the molecule is COCC1CCCN1C(=O)c1cccnc1-n1nc(Cn2nc(-c3ccc(Cl)cc3)n(C[C@H](O)C(F)(F)F)c2=O)nc1C(=O)N1CCNC(=O)C1. The molecule has 5 heterocycles. The summed E-state index contributed by atoms with van der Waals surface area (Å²) in [6.07, 6.45) is -5.05. The first-order valence-corrected chi connectivity index (χ1v) is 16.2. The molecule has 20 heteroatoms. The summed E-state index contributed by atoms with van der Waals surface area (Å²) < 4.78 is 48.0. The third-order valence-electron chi connectivity index (χ3n) is 8.43. The first-order valence-electron chi connectivity index (χ1n) is 15.8. The van der Waals surface area contributed by atoms with Crippen LogP contribution in [0.15, 0.2) is 47.4 Å².